The quantitative estimate of drug-likeness (QED) is 0.592. The monoisotopic (exact) mass is 287 g/mol. The highest BCUT2D eigenvalue weighted by atomic mass is 16.5. The van der Waals surface area contributed by atoms with Crippen LogP contribution in [0.5, 0.6) is 0 Å². The second-order valence-corrected chi connectivity index (χ2v) is 5.06. The van der Waals surface area contributed by atoms with E-state index in [0.717, 1.165) is 32.3 Å². The molecule has 1 rings (SSSR count). The Labute approximate surface area is 119 Å². The summed E-state index contributed by atoms with van der Waals surface area (Å²) < 4.78 is 10.8. The first-order valence-corrected chi connectivity index (χ1v) is 7.35. The molecule has 116 valence electrons. The van der Waals surface area contributed by atoms with Crippen LogP contribution in [0, 0.1) is 0 Å². The maximum Gasteiger partial charge on any atom is 0.326 e. The third-order valence-corrected chi connectivity index (χ3v) is 3.28. The summed E-state index contributed by atoms with van der Waals surface area (Å²) in [4.78, 5) is 22.6. The number of hydrogen-bond acceptors (Lipinski definition) is 4. The first kappa shape index (κ1) is 16.9. The Morgan fingerprint density at radius 3 is 2.90 bits per heavy atom. The van der Waals surface area contributed by atoms with Crippen LogP contribution in [-0.4, -0.2) is 48.9 Å². The molecule has 0 spiro atoms. The van der Waals surface area contributed by atoms with E-state index in [4.69, 9.17) is 14.6 Å². The van der Waals surface area contributed by atoms with Gasteiger partial charge in [-0.05, 0) is 19.3 Å². The number of carbonyl (C=O) groups is 2. The van der Waals surface area contributed by atoms with Crippen molar-refractivity contribution in [3.8, 4) is 0 Å². The van der Waals surface area contributed by atoms with Crippen molar-refractivity contribution in [2.24, 2.45) is 0 Å². The number of carbonyl (C=O) groups excluding carboxylic acids is 1. The van der Waals surface area contributed by atoms with Crippen molar-refractivity contribution in [1.82, 2.24) is 5.32 Å². The molecule has 0 aromatic heterocycles. The summed E-state index contributed by atoms with van der Waals surface area (Å²) in [6.07, 6.45) is 4.55. The van der Waals surface area contributed by atoms with Crippen LogP contribution >= 0.6 is 0 Å². The molecule has 2 N–H and O–H groups in total. The molecule has 6 heteroatoms. The van der Waals surface area contributed by atoms with E-state index in [9.17, 15) is 9.59 Å². The summed E-state index contributed by atoms with van der Waals surface area (Å²) in [5.41, 5.74) is 0. The lowest BCUT2D eigenvalue weighted by Gasteiger charge is -2.14. The normalized spacial score (nSPS) is 19.8. The Morgan fingerprint density at radius 2 is 2.30 bits per heavy atom. The zero-order valence-corrected chi connectivity index (χ0v) is 12.1. The SMILES string of the molecule is CCCCC(NC(=O)CCOCC1CCCO1)C(=O)O. The molecule has 0 bridgehead atoms. The van der Waals surface area contributed by atoms with Crippen LogP contribution in [0.15, 0.2) is 0 Å². The molecule has 1 aliphatic rings. The second-order valence-electron chi connectivity index (χ2n) is 5.06. The molecule has 0 aliphatic carbocycles. The largest absolute Gasteiger partial charge is 0.480 e. The molecule has 0 radical (unpaired) electrons. The summed E-state index contributed by atoms with van der Waals surface area (Å²) in [6.45, 7) is 3.57. The minimum atomic E-state index is -0.980. The van der Waals surface area contributed by atoms with Gasteiger partial charge < -0.3 is 19.9 Å². The third-order valence-electron chi connectivity index (χ3n) is 3.28. The van der Waals surface area contributed by atoms with Crippen molar-refractivity contribution < 1.29 is 24.2 Å². The van der Waals surface area contributed by atoms with Gasteiger partial charge in [0.1, 0.15) is 6.04 Å². The fourth-order valence-corrected chi connectivity index (χ4v) is 2.09. The van der Waals surface area contributed by atoms with Crippen LogP contribution in [0.4, 0.5) is 0 Å². The minimum absolute atomic E-state index is 0.148. The van der Waals surface area contributed by atoms with Crippen LogP contribution in [0.1, 0.15) is 45.4 Å². The van der Waals surface area contributed by atoms with Crippen LogP contribution < -0.4 is 5.32 Å². The zero-order valence-electron chi connectivity index (χ0n) is 12.1. The minimum Gasteiger partial charge on any atom is -0.480 e. The van der Waals surface area contributed by atoms with E-state index >= 15 is 0 Å². The molecule has 20 heavy (non-hydrogen) atoms. The number of aliphatic carboxylic acids is 1. The van der Waals surface area contributed by atoms with E-state index in [1.165, 1.54) is 0 Å². The van der Waals surface area contributed by atoms with Crippen molar-refractivity contribution in [1.29, 1.82) is 0 Å². The Balaban J connectivity index is 2.12. The highest BCUT2D eigenvalue weighted by Gasteiger charge is 2.19. The highest BCUT2D eigenvalue weighted by molar-refractivity contribution is 5.83. The van der Waals surface area contributed by atoms with Crippen molar-refractivity contribution in [3.63, 3.8) is 0 Å². The third kappa shape index (κ3) is 6.86. The van der Waals surface area contributed by atoms with Gasteiger partial charge in [-0.3, -0.25) is 4.79 Å². The van der Waals surface area contributed by atoms with Crippen LogP contribution in [-0.2, 0) is 19.1 Å². The van der Waals surface area contributed by atoms with Crippen molar-refractivity contribution in [2.75, 3.05) is 19.8 Å². The molecular weight excluding hydrogens is 262 g/mol. The molecule has 1 amide bonds. The molecular formula is C14H25NO5. The fourth-order valence-electron chi connectivity index (χ4n) is 2.09. The molecule has 1 saturated heterocycles. The van der Waals surface area contributed by atoms with Crippen LogP contribution in [0.3, 0.4) is 0 Å². The van der Waals surface area contributed by atoms with E-state index in [-0.39, 0.29) is 18.4 Å². The fraction of sp³-hybridized carbons (Fsp3) is 0.857. The van der Waals surface area contributed by atoms with E-state index < -0.39 is 12.0 Å². The maximum atomic E-state index is 11.6. The number of nitrogens with one attached hydrogen (secondary N) is 1. The molecule has 0 saturated carbocycles. The Kier molecular flexibility index (Phi) is 8.22. The number of rotatable bonds is 10. The highest BCUT2D eigenvalue weighted by Crippen LogP contribution is 2.11. The molecule has 0 aromatic carbocycles. The molecule has 6 nitrogen and oxygen atoms in total. The van der Waals surface area contributed by atoms with Gasteiger partial charge in [-0.15, -0.1) is 0 Å². The summed E-state index contributed by atoms with van der Waals surface area (Å²) >= 11 is 0. The van der Waals surface area contributed by atoms with E-state index in [2.05, 4.69) is 5.32 Å². The number of carboxylic acids is 1. The van der Waals surface area contributed by atoms with E-state index in [0.29, 0.717) is 19.6 Å². The predicted octanol–water partition coefficient (Wildman–Crippen LogP) is 1.33. The van der Waals surface area contributed by atoms with E-state index in [1.807, 2.05) is 6.92 Å². The van der Waals surface area contributed by atoms with Gasteiger partial charge in [0, 0.05) is 13.0 Å². The molecule has 2 atom stereocenters. The summed E-state index contributed by atoms with van der Waals surface area (Å²) in [5, 5.41) is 11.5. The Bertz CT molecular complexity index is 302. The molecule has 0 aromatic rings. The van der Waals surface area contributed by atoms with Gasteiger partial charge in [-0.25, -0.2) is 4.79 Å². The van der Waals surface area contributed by atoms with Gasteiger partial charge in [0.15, 0.2) is 0 Å². The lowest BCUT2D eigenvalue weighted by Crippen LogP contribution is -2.41. The van der Waals surface area contributed by atoms with Gasteiger partial charge in [0.05, 0.1) is 19.3 Å². The summed E-state index contributed by atoms with van der Waals surface area (Å²) in [7, 11) is 0. The average molecular weight is 287 g/mol. The number of carboxylic acid groups (broad SMARTS) is 1. The maximum absolute atomic E-state index is 11.6. The van der Waals surface area contributed by atoms with Gasteiger partial charge in [0.25, 0.3) is 0 Å². The van der Waals surface area contributed by atoms with Crippen LogP contribution in [0.2, 0.25) is 0 Å². The van der Waals surface area contributed by atoms with Gasteiger partial charge in [0.2, 0.25) is 5.91 Å². The zero-order chi connectivity index (χ0) is 14.8. The van der Waals surface area contributed by atoms with Crippen molar-refractivity contribution >= 4 is 11.9 Å². The average Bonchev–Trinajstić information content (AvgIpc) is 2.92. The standard InChI is InChI=1S/C14H25NO5/c1-2-3-6-12(14(17)18)15-13(16)7-9-19-10-11-5-4-8-20-11/h11-12H,2-10H2,1H3,(H,15,16)(H,17,18). The number of hydrogen-bond donors (Lipinski definition) is 2. The molecule has 2 unspecified atom stereocenters. The van der Waals surface area contributed by atoms with Gasteiger partial charge >= 0.3 is 5.97 Å². The second kappa shape index (κ2) is 9.72. The molecule has 1 heterocycles. The number of unbranched alkanes of at least 4 members (excludes halogenated alkanes) is 1. The Morgan fingerprint density at radius 1 is 1.50 bits per heavy atom. The topological polar surface area (TPSA) is 84.9 Å². The lowest BCUT2D eigenvalue weighted by atomic mass is 10.1. The first-order valence-electron chi connectivity index (χ1n) is 7.35. The van der Waals surface area contributed by atoms with Gasteiger partial charge in [-0.1, -0.05) is 19.8 Å². The van der Waals surface area contributed by atoms with Crippen molar-refractivity contribution in [2.45, 2.75) is 57.6 Å². The van der Waals surface area contributed by atoms with Crippen molar-refractivity contribution in [3.05, 3.63) is 0 Å². The molecule has 1 fully saturated rings. The first-order chi connectivity index (χ1) is 9.63. The Hall–Kier alpha value is -1.14. The number of ether oxygens (including phenoxy) is 2. The number of amides is 1. The smallest absolute Gasteiger partial charge is 0.326 e. The molecule has 1 aliphatic heterocycles. The van der Waals surface area contributed by atoms with E-state index in [1.54, 1.807) is 0 Å². The summed E-state index contributed by atoms with van der Waals surface area (Å²) in [6, 6.07) is -0.791. The predicted molar refractivity (Wildman–Crippen MR) is 73.5 cm³/mol. The van der Waals surface area contributed by atoms with Crippen LogP contribution in [0.25, 0.3) is 0 Å². The lowest BCUT2D eigenvalue weighted by molar-refractivity contribution is -0.142. The van der Waals surface area contributed by atoms with Gasteiger partial charge in [-0.2, -0.15) is 0 Å². The summed E-state index contributed by atoms with van der Waals surface area (Å²) in [5.74, 6) is -1.26.